The molecule has 0 atom stereocenters. The first-order chi connectivity index (χ1) is 15.4. The maximum Gasteiger partial charge on any atom is 0.352 e. The number of aryl methyl sites for hydroxylation is 1. The number of hydrogen-bond donors (Lipinski definition) is 3. The van der Waals surface area contributed by atoms with Crippen LogP contribution in [-0.4, -0.2) is 33.8 Å². The van der Waals surface area contributed by atoms with Crippen LogP contribution < -0.4 is 5.43 Å². The second-order valence-electron chi connectivity index (χ2n) is 7.73. The minimum Gasteiger partial charge on any atom is -0.481 e. The van der Waals surface area contributed by atoms with Crippen molar-refractivity contribution < 1.29 is 24.6 Å². The average molecular weight is 430 g/mol. The van der Waals surface area contributed by atoms with Crippen LogP contribution in [0.2, 0.25) is 0 Å². The summed E-state index contributed by atoms with van der Waals surface area (Å²) in [6.07, 6.45) is 0.819. The molecule has 162 valence electrons. The smallest absolute Gasteiger partial charge is 0.352 e. The summed E-state index contributed by atoms with van der Waals surface area (Å²) < 4.78 is 0. The van der Waals surface area contributed by atoms with E-state index in [2.05, 4.69) is 65.1 Å². The number of carboxylic acids is 2. The third-order valence-corrected chi connectivity index (χ3v) is 5.61. The Labute approximate surface area is 183 Å². The summed E-state index contributed by atoms with van der Waals surface area (Å²) in [5.74, 6) is -2.88. The second-order valence-corrected chi connectivity index (χ2v) is 7.73. The number of hydrogen-bond acceptors (Lipinski definition) is 4. The van der Waals surface area contributed by atoms with Gasteiger partial charge < -0.3 is 10.2 Å². The molecule has 0 fully saturated rings. The Bertz CT molecular complexity index is 1340. The van der Waals surface area contributed by atoms with E-state index >= 15 is 0 Å². The zero-order chi connectivity index (χ0) is 22.7. The first-order valence-electron chi connectivity index (χ1n) is 10.4. The summed E-state index contributed by atoms with van der Waals surface area (Å²) in [4.78, 5) is 33.8. The van der Waals surface area contributed by atoms with E-state index in [9.17, 15) is 14.4 Å². The average Bonchev–Trinajstić information content (AvgIpc) is 2.77. The van der Waals surface area contributed by atoms with Gasteiger partial charge in [0.05, 0.1) is 6.42 Å². The summed E-state index contributed by atoms with van der Waals surface area (Å²) in [5, 5.41) is 28.6. The predicted octanol–water partition coefficient (Wildman–Crippen LogP) is 4.33. The van der Waals surface area contributed by atoms with E-state index < -0.39 is 17.8 Å². The molecule has 0 heterocycles. The van der Waals surface area contributed by atoms with Crippen LogP contribution in [0.15, 0.2) is 59.7 Å². The third-order valence-electron chi connectivity index (χ3n) is 5.61. The van der Waals surface area contributed by atoms with Gasteiger partial charge >= 0.3 is 11.9 Å². The van der Waals surface area contributed by atoms with Gasteiger partial charge in [0.25, 0.3) is 0 Å². The molecule has 0 aliphatic rings. The molecule has 0 saturated carbocycles. The Kier molecular flexibility index (Phi) is 5.98. The van der Waals surface area contributed by atoms with Crippen molar-refractivity contribution in [3.63, 3.8) is 0 Å². The topological polar surface area (TPSA) is 116 Å². The summed E-state index contributed by atoms with van der Waals surface area (Å²) >= 11 is 0. The SMILES string of the molecule is O=C(O)CC/C(=N\NC(=O)CCCc1ccc2ccc3cccc4ccc1c2c34)C(=O)O. The van der Waals surface area contributed by atoms with Crippen molar-refractivity contribution in [3.8, 4) is 0 Å². The minimum absolute atomic E-state index is 0.178. The predicted molar refractivity (Wildman–Crippen MR) is 123 cm³/mol. The Morgan fingerprint density at radius 1 is 0.781 bits per heavy atom. The first kappa shape index (κ1) is 21.2. The normalized spacial score (nSPS) is 11.9. The van der Waals surface area contributed by atoms with E-state index in [1.54, 1.807) is 0 Å². The van der Waals surface area contributed by atoms with Gasteiger partial charge in [0, 0.05) is 12.8 Å². The number of hydrazone groups is 1. The van der Waals surface area contributed by atoms with Crippen LogP contribution in [0.3, 0.4) is 0 Å². The standard InChI is InChI=1S/C25H22N2O5/c28-21(27-26-20(25(31)32)13-14-22(29)30)6-2-3-15-7-8-18-10-9-16-4-1-5-17-11-12-19(15)24(18)23(16)17/h1,4-5,7-12H,2-3,6,13-14H2,(H,27,28)(H,29,30)(H,31,32)/b26-20+. The van der Waals surface area contributed by atoms with Crippen LogP contribution in [-0.2, 0) is 20.8 Å². The van der Waals surface area contributed by atoms with Gasteiger partial charge in [0.15, 0.2) is 0 Å². The Hall–Kier alpha value is -4.00. The molecule has 1 amide bonds. The van der Waals surface area contributed by atoms with Gasteiger partial charge in [-0.15, -0.1) is 0 Å². The fourth-order valence-electron chi connectivity index (χ4n) is 4.07. The molecular formula is C25H22N2O5. The molecule has 3 N–H and O–H groups in total. The summed E-state index contributed by atoms with van der Waals surface area (Å²) in [6.45, 7) is 0. The molecule has 0 radical (unpaired) electrons. The zero-order valence-electron chi connectivity index (χ0n) is 17.3. The number of carbonyl (C=O) groups is 3. The molecule has 4 rings (SSSR count). The molecular weight excluding hydrogens is 408 g/mol. The van der Waals surface area contributed by atoms with Gasteiger partial charge in [-0.1, -0.05) is 54.6 Å². The van der Waals surface area contributed by atoms with Crippen molar-refractivity contribution in [2.45, 2.75) is 32.1 Å². The zero-order valence-corrected chi connectivity index (χ0v) is 17.3. The molecule has 0 aliphatic heterocycles. The van der Waals surface area contributed by atoms with E-state index in [0.29, 0.717) is 12.8 Å². The lowest BCUT2D eigenvalue weighted by molar-refractivity contribution is -0.136. The van der Waals surface area contributed by atoms with Crippen molar-refractivity contribution in [2.75, 3.05) is 0 Å². The maximum absolute atomic E-state index is 12.1. The molecule has 0 unspecified atom stereocenters. The second kappa shape index (κ2) is 9.01. The molecule has 0 aliphatic carbocycles. The number of nitrogens with one attached hydrogen (secondary N) is 1. The number of carboxylic acid groups (broad SMARTS) is 2. The van der Waals surface area contributed by atoms with E-state index in [4.69, 9.17) is 10.2 Å². The lowest BCUT2D eigenvalue weighted by Crippen LogP contribution is -2.23. The number of aliphatic carboxylic acids is 2. The van der Waals surface area contributed by atoms with Gasteiger partial charge in [-0.25, -0.2) is 10.2 Å². The van der Waals surface area contributed by atoms with Crippen LogP contribution in [0, 0.1) is 0 Å². The summed E-state index contributed by atoms with van der Waals surface area (Å²) in [5.41, 5.74) is 3.00. The molecule has 0 spiro atoms. The van der Waals surface area contributed by atoms with E-state index in [-0.39, 0.29) is 25.0 Å². The maximum atomic E-state index is 12.1. The summed E-state index contributed by atoms with van der Waals surface area (Å²) in [7, 11) is 0. The molecule has 32 heavy (non-hydrogen) atoms. The van der Waals surface area contributed by atoms with Crippen LogP contribution in [0.4, 0.5) is 0 Å². The number of carbonyl (C=O) groups excluding carboxylic acids is 1. The fourth-order valence-corrected chi connectivity index (χ4v) is 4.07. The largest absolute Gasteiger partial charge is 0.481 e. The molecule has 4 aromatic carbocycles. The van der Waals surface area contributed by atoms with Gasteiger partial charge in [-0.2, -0.15) is 5.10 Å². The highest BCUT2D eigenvalue weighted by molar-refractivity contribution is 6.35. The van der Waals surface area contributed by atoms with E-state index in [1.165, 1.54) is 32.3 Å². The molecule has 4 aromatic rings. The Morgan fingerprint density at radius 3 is 2.12 bits per heavy atom. The van der Waals surface area contributed by atoms with E-state index in [1.807, 2.05) is 0 Å². The van der Waals surface area contributed by atoms with Gasteiger partial charge in [-0.05, 0) is 50.7 Å². The molecule has 0 aromatic heterocycles. The third kappa shape index (κ3) is 4.37. The van der Waals surface area contributed by atoms with Crippen LogP contribution in [0.1, 0.15) is 31.2 Å². The lowest BCUT2D eigenvalue weighted by atomic mass is 9.90. The highest BCUT2D eigenvalue weighted by Gasteiger charge is 2.13. The van der Waals surface area contributed by atoms with Gasteiger partial charge in [-0.3, -0.25) is 9.59 Å². The van der Waals surface area contributed by atoms with Crippen molar-refractivity contribution in [2.24, 2.45) is 5.10 Å². The van der Waals surface area contributed by atoms with Gasteiger partial charge in [0.2, 0.25) is 5.91 Å². The highest BCUT2D eigenvalue weighted by Crippen LogP contribution is 2.36. The van der Waals surface area contributed by atoms with Crippen molar-refractivity contribution in [1.29, 1.82) is 0 Å². The monoisotopic (exact) mass is 430 g/mol. The fraction of sp³-hybridized carbons (Fsp3) is 0.200. The lowest BCUT2D eigenvalue weighted by Gasteiger charge is -2.13. The number of amides is 1. The van der Waals surface area contributed by atoms with Crippen molar-refractivity contribution in [1.82, 2.24) is 5.43 Å². The highest BCUT2D eigenvalue weighted by atomic mass is 16.4. The summed E-state index contributed by atoms with van der Waals surface area (Å²) in [6, 6.07) is 19.0. The van der Waals surface area contributed by atoms with E-state index in [0.717, 1.165) is 5.56 Å². The van der Waals surface area contributed by atoms with Crippen LogP contribution >= 0.6 is 0 Å². The number of nitrogens with zero attached hydrogens (tertiary/aromatic N) is 1. The van der Waals surface area contributed by atoms with Crippen molar-refractivity contribution in [3.05, 3.63) is 60.2 Å². The van der Waals surface area contributed by atoms with Crippen molar-refractivity contribution >= 4 is 55.9 Å². The Balaban J connectivity index is 1.45. The number of benzene rings is 4. The van der Waals surface area contributed by atoms with Gasteiger partial charge in [0.1, 0.15) is 5.71 Å². The quantitative estimate of drug-likeness (QED) is 0.208. The molecule has 7 heteroatoms. The first-order valence-corrected chi connectivity index (χ1v) is 10.4. The molecule has 0 bridgehead atoms. The molecule has 7 nitrogen and oxygen atoms in total. The van der Waals surface area contributed by atoms with Crippen LogP contribution in [0.5, 0.6) is 0 Å². The minimum atomic E-state index is -1.35. The molecule has 0 saturated heterocycles. The van der Waals surface area contributed by atoms with Crippen LogP contribution in [0.25, 0.3) is 32.3 Å². The Morgan fingerprint density at radius 2 is 1.44 bits per heavy atom. The number of rotatable bonds is 9.